The van der Waals surface area contributed by atoms with Crippen molar-refractivity contribution >= 4 is 18.6 Å². The Morgan fingerprint density at radius 3 is 2.78 bits per heavy atom. The highest BCUT2D eigenvalue weighted by molar-refractivity contribution is 5.92. The van der Waals surface area contributed by atoms with E-state index in [0.29, 0.717) is 6.41 Å². The second kappa shape index (κ2) is 4.70. The zero-order chi connectivity index (χ0) is 7.11. The first-order chi connectivity index (χ1) is 4.31. The van der Waals surface area contributed by atoms with Crippen LogP contribution < -0.4 is 5.73 Å². The van der Waals surface area contributed by atoms with Gasteiger partial charge < -0.3 is 5.73 Å². The highest BCUT2D eigenvalue weighted by atomic mass is 16.1. The molecule has 0 saturated carbocycles. The van der Waals surface area contributed by atoms with Gasteiger partial charge in [-0.25, -0.2) is 4.99 Å². The largest absolute Gasteiger partial charge is 0.368 e. The van der Waals surface area contributed by atoms with Crippen molar-refractivity contribution in [3.05, 3.63) is 12.7 Å². The molecule has 0 heterocycles. The van der Waals surface area contributed by atoms with E-state index in [1.54, 1.807) is 0 Å². The fourth-order valence-electron chi connectivity index (χ4n) is 0.216. The lowest BCUT2D eigenvalue weighted by Gasteiger charge is -1.81. The molecule has 2 N–H and O–H groups in total. The molecular weight excluding hydrogens is 118 g/mol. The smallest absolute Gasteiger partial charge is 0.236 e. The van der Waals surface area contributed by atoms with Gasteiger partial charge >= 0.3 is 0 Å². The second-order valence-electron chi connectivity index (χ2n) is 1.11. The molecule has 0 radical (unpaired) electrons. The Morgan fingerprint density at radius 1 is 1.67 bits per heavy atom. The van der Waals surface area contributed by atoms with Crippen LogP contribution in [-0.2, 0) is 4.79 Å². The van der Waals surface area contributed by atoms with Gasteiger partial charge in [-0.2, -0.15) is 4.99 Å². The van der Waals surface area contributed by atoms with Gasteiger partial charge in [0.05, 0.1) is 0 Å². The van der Waals surface area contributed by atoms with Gasteiger partial charge in [0, 0.05) is 6.21 Å². The maximum Gasteiger partial charge on any atom is 0.236 e. The Hall–Kier alpha value is -1.45. The lowest BCUT2D eigenvalue weighted by molar-refractivity contribution is -0.106. The fraction of sp³-hybridized carbons (Fsp3) is 0. The Labute approximate surface area is 52.8 Å². The average molecular weight is 125 g/mol. The summed E-state index contributed by atoms with van der Waals surface area (Å²) in [6, 6.07) is 0. The minimum atomic E-state index is -0.0649. The van der Waals surface area contributed by atoms with E-state index in [-0.39, 0.29) is 5.96 Å². The number of aliphatic imine (C=N–C) groups is 2. The van der Waals surface area contributed by atoms with Crippen molar-refractivity contribution < 1.29 is 4.79 Å². The van der Waals surface area contributed by atoms with E-state index >= 15 is 0 Å². The van der Waals surface area contributed by atoms with Gasteiger partial charge in [0.1, 0.15) is 0 Å². The Balaban J connectivity index is 3.88. The maximum absolute atomic E-state index is 9.61. The summed E-state index contributed by atoms with van der Waals surface area (Å²) >= 11 is 0. The number of amides is 1. The molecule has 9 heavy (non-hydrogen) atoms. The molecule has 0 aliphatic heterocycles. The van der Waals surface area contributed by atoms with E-state index in [1.165, 1.54) is 12.3 Å². The molecule has 0 aromatic rings. The molecule has 0 rings (SSSR count). The van der Waals surface area contributed by atoms with Crippen LogP contribution in [0, 0.1) is 0 Å². The van der Waals surface area contributed by atoms with Gasteiger partial charge in [0.2, 0.25) is 12.4 Å². The van der Waals surface area contributed by atoms with Crippen LogP contribution in [0.1, 0.15) is 0 Å². The topological polar surface area (TPSA) is 67.8 Å². The van der Waals surface area contributed by atoms with Crippen LogP contribution in [0.3, 0.4) is 0 Å². The molecule has 4 nitrogen and oxygen atoms in total. The summed E-state index contributed by atoms with van der Waals surface area (Å²) in [6.07, 6.45) is 3.12. The number of nitrogens with two attached hydrogens (primary N) is 1. The number of allylic oxidation sites excluding steroid dienone is 1. The third-order valence-corrected chi connectivity index (χ3v) is 0.497. The molecule has 48 valence electrons. The normalized spacial score (nSPS) is 11.8. The van der Waals surface area contributed by atoms with Gasteiger partial charge in [-0.1, -0.05) is 12.7 Å². The van der Waals surface area contributed by atoms with E-state index in [9.17, 15) is 4.79 Å². The van der Waals surface area contributed by atoms with Crippen LogP contribution in [-0.4, -0.2) is 18.6 Å². The molecule has 0 aliphatic rings. The summed E-state index contributed by atoms with van der Waals surface area (Å²) in [7, 11) is 0. The van der Waals surface area contributed by atoms with Crippen LogP contribution in [0.4, 0.5) is 0 Å². The van der Waals surface area contributed by atoms with Crippen molar-refractivity contribution in [3.63, 3.8) is 0 Å². The molecule has 0 saturated heterocycles. The number of guanidine groups is 1. The number of nitrogens with zero attached hydrogens (tertiary/aromatic N) is 2. The highest BCUT2D eigenvalue weighted by Crippen LogP contribution is 1.66. The van der Waals surface area contributed by atoms with E-state index in [4.69, 9.17) is 5.73 Å². The predicted molar refractivity (Wildman–Crippen MR) is 36.4 cm³/mol. The van der Waals surface area contributed by atoms with Crippen molar-refractivity contribution in [2.75, 3.05) is 0 Å². The summed E-state index contributed by atoms with van der Waals surface area (Å²) < 4.78 is 0. The first-order valence-electron chi connectivity index (χ1n) is 2.23. The molecule has 0 spiro atoms. The maximum atomic E-state index is 9.61. The van der Waals surface area contributed by atoms with Crippen LogP contribution >= 0.6 is 0 Å². The van der Waals surface area contributed by atoms with Gasteiger partial charge in [0.15, 0.2) is 0 Å². The zero-order valence-corrected chi connectivity index (χ0v) is 4.82. The van der Waals surface area contributed by atoms with Crippen molar-refractivity contribution in [1.29, 1.82) is 0 Å². The molecule has 0 aliphatic carbocycles. The molecule has 0 fully saturated rings. The first kappa shape index (κ1) is 7.55. The molecule has 4 heteroatoms. The van der Waals surface area contributed by atoms with Gasteiger partial charge in [-0.05, 0) is 0 Å². The standard InChI is InChI=1S/C5H7N3O/c1-2-3-7-5(6)8-4-9/h2-4H,1H2,(H2,6,8,9)/b7-3-. The van der Waals surface area contributed by atoms with Crippen LogP contribution in [0.5, 0.6) is 0 Å². The van der Waals surface area contributed by atoms with Crippen LogP contribution in [0.2, 0.25) is 0 Å². The quantitative estimate of drug-likeness (QED) is 0.313. The molecular formula is C5H7N3O. The molecule has 0 bridgehead atoms. The number of hydrogen-bond donors (Lipinski definition) is 1. The lowest BCUT2D eigenvalue weighted by Crippen LogP contribution is -2.07. The minimum absolute atomic E-state index is 0.0649. The van der Waals surface area contributed by atoms with Crippen LogP contribution in [0.25, 0.3) is 0 Å². The molecule has 0 atom stereocenters. The van der Waals surface area contributed by atoms with Crippen molar-refractivity contribution in [2.45, 2.75) is 0 Å². The van der Waals surface area contributed by atoms with Crippen molar-refractivity contribution in [1.82, 2.24) is 0 Å². The third kappa shape index (κ3) is 4.40. The Bertz CT molecular complexity index is 160. The summed E-state index contributed by atoms with van der Waals surface area (Å²) in [6.45, 7) is 3.34. The number of carbonyl (C=O) groups excluding carboxylic acids is 1. The summed E-state index contributed by atoms with van der Waals surface area (Å²) in [5.41, 5.74) is 5.04. The molecule has 0 aromatic carbocycles. The highest BCUT2D eigenvalue weighted by Gasteiger charge is 1.77. The van der Waals surface area contributed by atoms with Gasteiger partial charge in [-0.15, -0.1) is 0 Å². The minimum Gasteiger partial charge on any atom is -0.368 e. The Kier molecular flexibility index (Phi) is 3.95. The first-order valence-corrected chi connectivity index (χ1v) is 2.23. The SMILES string of the molecule is C=C/C=N\C(N)=NC=O. The number of rotatable bonds is 2. The van der Waals surface area contributed by atoms with Gasteiger partial charge in [0.25, 0.3) is 0 Å². The summed E-state index contributed by atoms with van der Waals surface area (Å²) in [5.74, 6) is -0.0649. The van der Waals surface area contributed by atoms with E-state index < -0.39 is 0 Å². The number of carbonyl (C=O) groups is 1. The van der Waals surface area contributed by atoms with Gasteiger partial charge in [-0.3, -0.25) is 4.79 Å². The van der Waals surface area contributed by atoms with E-state index in [1.807, 2.05) is 0 Å². The average Bonchev–Trinajstić information content (AvgIpc) is 1.85. The number of hydrogen-bond acceptors (Lipinski definition) is 1. The van der Waals surface area contributed by atoms with Crippen molar-refractivity contribution in [3.8, 4) is 0 Å². The molecule has 0 unspecified atom stereocenters. The van der Waals surface area contributed by atoms with Crippen molar-refractivity contribution in [2.24, 2.45) is 15.7 Å². The third-order valence-electron chi connectivity index (χ3n) is 0.497. The van der Waals surface area contributed by atoms with E-state index in [2.05, 4.69) is 16.6 Å². The van der Waals surface area contributed by atoms with E-state index in [0.717, 1.165) is 0 Å². The predicted octanol–water partition coefficient (Wildman–Crippen LogP) is -0.286. The fourth-order valence-corrected chi connectivity index (χ4v) is 0.216. The Morgan fingerprint density at radius 2 is 2.33 bits per heavy atom. The summed E-state index contributed by atoms with van der Waals surface area (Å²) in [5, 5.41) is 0. The molecule has 1 amide bonds. The zero-order valence-electron chi connectivity index (χ0n) is 4.82. The van der Waals surface area contributed by atoms with Crippen LogP contribution in [0.15, 0.2) is 22.6 Å². The molecule has 0 aromatic heterocycles. The summed E-state index contributed by atoms with van der Waals surface area (Å²) in [4.78, 5) is 16.2. The lowest BCUT2D eigenvalue weighted by atomic mass is 10.7. The second-order valence-corrected chi connectivity index (χ2v) is 1.11. The monoisotopic (exact) mass is 125 g/mol.